The number of hydrogen-bond donors (Lipinski definition) is 0. The first kappa shape index (κ1) is 22.6. The number of nitrogens with zero attached hydrogens (tertiary/aromatic N) is 1. The molecule has 1 spiro atoms. The summed E-state index contributed by atoms with van der Waals surface area (Å²) >= 11 is 0. The third-order valence-corrected chi connectivity index (χ3v) is 12.6. The Labute approximate surface area is 198 Å². The minimum absolute atomic E-state index is 0.00226. The molecule has 0 radical (unpaired) electrons. The first-order valence-electron chi connectivity index (χ1n) is 12.1. The molecule has 3 aliphatic heterocycles. The van der Waals surface area contributed by atoms with Crippen LogP contribution >= 0.6 is 0 Å². The van der Waals surface area contributed by atoms with Crippen molar-refractivity contribution in [2.24, 2.45) is 5.92 Å². The van der Waals surface area contributed by atoms with Crippen LogP contribution in [-0.2, 0) is 20.5 Å². The van der Waals surface area contributed by atoms with Gasteiger partial charge in [-0.05, 0) is 35.7 Å². The number of hydrogen-bond acceptors (Lipinski definition) is 3. The highest BCUT2D eigenvalue weighted by Gasteiger charge is 2.66. The van der Waals surface area contributed by atoms with Crippen molar-refractivity contribution in [2.75, 3.05) is 0 Å². The number of amides is 1. The number of carbonyl (C=O) groups is 1. The molecule has 2 fully saturated rings. The second kappa shape index (κ2) is 7.93. The highest BCUT2D eigenvalue weighted by atomic mass is 28.4. The summed E-state index contributed by atoms with van der Waals surface area (Å²) in [5, 5.41) is 0.0480. The number of fused-ring (bicyclic) bond motifs is 1. The molecule has 0 aliphatic carbocycles. The summed E-state index contributed by atoms with van der Waals surface area (Å²) in [5.74, 6) is -0.0272. The second-order valence-corrected chi connectivity index (χ2v) is 16.0. The zero-order valence-electron chi connectivity index (χ0n) is 20.3. The topological polar surface area (TPSA) is 38.8 Å². The van der Waals surface area contributed by atoms with Gasteiger partial charge in [0, 0.05) is 6.54 Å². The molecule has 2 bridgehead atoms. The predicted molar refractivity (Wildman–Crippen MR) is 133 cm³/mol. The van der Waals surface area contributed by atoms with E-state index in [-0.39, 0.29) is 35.1 Å². The number of benzene rings is 2. The highest BCUT2D eigenvalue weighted by molar-refractivity contribution is 6.74. The lowest BCUT2D eigenvalue weighted by atomic mass is 9.71. The summed E-state index contributed by atoms with van der Waals surface area (Å²) in [7, 11) is -2.17. The number of carbonyl (C=O) groups excluding carboxylic acids is 1. The van der Waals surface area contributed by atoms with E-state index < -0.39 is 13.9 Å². The molecule has 5 heteroatoms. The van der Waals surface area contributed by atoms with Crippen LogP contribution in [0.3, 0.4) is 0 Å². The van der Waals surface area contributed by atoms with Gasteiger partial charge in [-0.15, -0.1) is 0 Å². The molecule has 0 unspecified atom stereocenters. The Morgan fingerprint density at radius 2 is 1.70 bits per heavy atom. The van der Waals surface area contributed by atoms with Crippen molar-refractivity contribution < 1.29 is 14.0 Å². The molecule has 174 valence electrons. The Bertz CT molecular complexity index is 1050. The van der Waals surface area contributed by atoms with Crippen molar-refractivity contribution in [1.82, 2.24) is 4.90 Å². The molecule has 4 nitrogen and oxygen atoms in total. The maximum atomic E-state index is 14.1. The first-order valence-corrected chi connectivity index (χ1v) is 15.0. The lowest BCUT2D eigenvalue weighted by molar-refractivity contribution is -0.173. The summed E-state index contributed by atoms with van der Waals surface area (Å²) in [6.45, 7) is 12.0. The summed E-state index contributed by atoms with van der Waals surface area (Å²) in [5.41, 5.74) is 1.55. The second-order valence-electron chi connectivity index (χ2n) is 11.3. The van der Waals surface area contributed by atoms with Crippen LogP contribution in [0.2, 0.25) is 18.1 Å². The lowest BCUT2D eigenvalue weighted by Crippen LogP contribution is -2.65. The zero-order chi connectivity index (χ0) is 23.4. The highest BCUT2D eigenvalue weighted by Crippen LogP contribution is 2.56. The Balaban J connectivity index is 1.65. The van der Waals surface area contributed by atoms with Crippen molar-refractivity contribution in [3.8, 4) is 0 Å². The van der Waals surface area contributed by atoms with Gasteiger partial charge in [0.05, 0.1) is 18.1 Å². The van der Waals surface area contributed by atoms with Crippen molar-refractivity contribution in [3.05, 3.63) is 83.9 Å². The molecule has 33 heavy (non-hydrogen) atoms. The van der Waals surface area contributed by atoms with Crippen LogP contribution < -0.4 is 0 Å². The minimum Gasteiger partial charge on any atom is -0.408 e. The van der Waals surface area contributed by atoms with E-state index in [0.29, 0.717) is 6.54 Å². The fourth-order valence-electron chi connectivity index (χ4n) is 5.35. The molecule has 5 atom stereocenters. The molecular weight excluding hydrogens is 426 g/mol. The van der Waals surface area contributed by atoms with Gasteiger partial charge in [-0.25, -0.2) is 0 Å². The molecule has 3 heterocycles. The molecule has 1 amide bonds. The molecule has 0 aromatic heterocycles. The van der Waals surface area contributed by atoms with E-state index in [4.69, 9.17) is 9.16 Å². The van der Waals surface area contributed by atoms with Gasteiger partial charge >= 0.3 is 0 Å². The lowest BCUT2D eigenvalue weighted by Gasteiger charge is -2.54. The Morgan fingerprint density at radius 3 is 2.30 bits per heavy atom. The quantitative estimate of drug-likeness (QED) is 0.413. The van der Waals surface area contributed by atoms with Crippen molar-refractivity contribution in [1.29, 1.82) is 0 Å². The zero-order valence-corrected chi connectivity index (χ0v) is 21.3. The van der Waals surface area contributed by atoms with Gasteiger partial charge in [-0.3, -0.25) is 4.79 Å². The largest absolute Gasteiger partial charge is 0.408 e. The molecule has 2 aromatic carbocycles. The molecule has 0 saturated carbocycles. The average molecular weight is 462 g/mol. The van der Waals surface area contributed by atoms with Gasteiger partial charge in [0.1, 0.15) is 11.7 Å². The van der Waals surface area contributed by atoms with Crippen molar-refractivity contribution in [3.63, 3.8) is 0 Å². The Hall–Kier alpha value is -2.21. The van der Waals surface area contributed by atoms with E-state index in [0.717, 1.165) is 17.5 Å². The van der Waals surface area contributed by atoms with Crippen LogP contribution in [0.5, 0.6) is 0 Å². The van der Waals surface area contributed by atoms with E-state index in [1.807, 2.05) is 24.3 Å². The van der Waals surface area contributed by atoms with Gasteiger partial charge in [0.25, 0.3) is 0 Å². The predicted octanol–water partition coefficient (Wildman–Crippen LogP) is 5.87. The van der Waals surface area contributed by atoms with Gasteiger partial charge in [-0.1, -0.05) is 93.6 Å². The fraction of sp³-hybridized carbons (Fsp3) is 0.464. The summed E-state index contributed by atoms with van der Waals surface area (Å²) in [6, 6.07) is 20.5. The van der Waals surface area contributed by atoms with Gasteiger partial charge in [-0.2, -0.15) is 0 Å². The number of ether oxygens (including phenoxy) is 1. The van der Waals surface area contributed by atoms with E-state index >= 15 is 0 Å². The normalized spacial score (nSPS) is 31.2. The summed E-state index contributed by atoms with van der Waals surface area (Å²) in [6.07, 6.45) is 4.77. The van der Waals surface area contributed by atoms with Gasteiger partial charge in [0.2, 0.25) is 5.91 Å². The third-order valence-electron chi connectivity index (χ3n) is 8.15. The SMILES string of the molecule is CC(C)(C)[Si](C)(C)O[C@H]1[C@@H](c2ccccc2)N(Cc2ccccc2)C(=O)[C@@H]2C[C@H]3C=C[C@]21O3. The van der Waals surface area contributed by atoms with Gasteiger partial charge < -0.3 is 14.1 Å². The van der Waals surface area contributed by atoms with Crippen LogP contribution in [0.25, 0.3) is 0 Å². The Kier molecular flexibility index (Phi) is 5.43. The minimum atomic E-state index is -2.17. The number of piperidine rings is 1. The van der Waals surface area contributed by atoms with Crippen LogP contribution in [0.1, 0.15) is 44.4 Å². The maximum absolute atomic E-state index is 14.1. The van der Waals surface area contributed by atoms with E-state index in [2.05, 4.69) is 87.3 Å². The monoisotopic (exact) mass is 461 g/mol. The summed E-state index contributed by atoms with van der Waals surface area (Å²) in [4.78, 5) is 16.1. The average Bonchev–Trinajstić information content (AvgIpc) is 3.37. The van der Waals surface area contributed by atoms with Crippen molar-refractivity contribution in [2.45, 2.75) is 75.7 Å². The maximum Gasteiger partial charge on any atom is 0.230 e. The smallest absolute Gasteiger partial charge is 0.230 e. The summed E-state index contributed by atoms with van der Waals surface area (Å²) < 4.78 is 13.8. The van der Waals surface area contributed by atoms with E-state index in [1.165, 1.54) is 0 Å². The Morgan fingerprint density at radius 1 is 1.06 bits per heavy atom. The molecule has 0 N–H and O–H groups in total. The molecular formula is C28H35NO3Si. The van der Waals surface area contributed by atoms with Crippen molar-refractivity contribution >= 4 is 14.2 Å². The molecule has 5 rings (SSSR count). The van der Waals surface area contributed by atoms with Crippen LogP contribution in [0, 0.1) is 5.92 Å². The molecule has 2 aromatic rings. The first-order chi connectivity index (χ1) is 15.6. The van der Waals surface area contributed by atoms with Crippen LogP contribution in [0.4, 0.5) is 0 Å². The van der Waals surface area contributed by atoms with E-state index in [1.54, 1.807) is 0 Å². The van der Waals surface area contributed by atoms with Crippen LogP contribution in [-0.4, -0.2) is 36.9 Å². The van der Waals surface area contributed by atoms with Crippen LogP contribution in [0.15, 0.2) is 72.8 Å². The number of likely N-dealkylation sites (tertiary alicyclic amines) is 1. The molecule has 2 saturated heterocycles. The standard InChI is InChI=1S/C28H35NO3Si/c1-27(2,3)33(4,5)32-25-24(21-14-10-7-11-15-21)29(19-20-12-8-6-9-13-20)26(30)23-18-22-16-17-28(23,25)31-22/h6-17,22-25H,18-19H2,1-5H3/t22-,23+,24-,25+,28+/m1/s1. The van der Waals surface area contributed by atoms with Gasteiger partial charge in [0.15, 0.2) is 8.32 Å². The van der Waals surface area contributed by atoms with E-state index in [9.17, 15) is 4.79 Å². The molecule has 3 aliphatic rings. The fourth-order valence-corrected chi connectivity index (χ4v) is 6.65. The number of rotatable bonds is 5. The third kappa shape index (κ3) is 3.71.